The molecule has 0 saturated carbocycles. The van der Waals surface area contributed by atoms with Gasteiger partial charge < -0.3 is 9.00 Å². The van der Waals surface area contributed by atoms with Crippen molar-refractivity contribution in [3.05, 3.63) is 71.8 Å². The van der Waals surface area contributed by atoms with Gasteiger partial charge in [0.05, 0.1) is 0 Å². The van der Waals surface area contributed by atoms with Gasteiger partial charge in [-0.25, -0.2) is 0 Å². The second-order valence-corrected chi connectivity index (χ2v) is 3.06. The van der Waals surface area contributed by atoms with Crippen LogP contribution >= 0.6 is 17.0 Å². The molecule has 0 atom stereocenters. The molecule has 0 heterocycles. The number of halogens is 1. The van der Waals surface area contributed by atoms with E-state index in [1.807, 2.05) is 60.7 Å². The van der Waals surface area contributed by atoms with Gasteiger partial charge in [-0.15, -0.1) is 17.0 Å². The first kappa shape index (κ1) is 18.7. The van der Waals surface area contributed by atoms with E-state index in [0.717, 1.165) is 11.1 Å². The van der Waals surface area contributed by atoms with Crippen molar-refractivity contribution in [2.45, 2.75) is 0 Å². The minimum Gasteiger partial charge on any atom is -1.00 e. The van der Waals surface area contributed by atoms with E-state index in [4.69, 9.17) is 0 Å². The van der Waals surface area contributed by atoms with E-state index in [-0.39, 0.29) is 54.8 Å². The monoisotopic (exact) mass is 305 g/mol. The molecule has 4 heteroatoms. The zero-order valence-electron chi connectivity index (χ0n) is 11.5. The maximum atomic E-state index is 11.8. The van der Waals surface area contributed by atoms with Crippen LogP contribution < -0.4 is 6.15 Å². The number of benzene rings is 2. The summed E-state index contributed by atoms with van der Waals surface area (Å²) in [5.41, 5.74) is 1.47. The predicted octanol–water partition coefficient (Wildman–Crippen LogP) is 3.50. The second-order valence-electron chi connectivity index (χ2n) is 3.06. The topological polar surface area (TPSA) is 52.1 Å². The zero-order valence-corrected chi connectivity index (χ0v) is 12.6. The molecule has 0 spiro atoms. The molecule has 0 fully saturated rings. The van der Waals surface area contributed by atoms with Crippen LogP contribution in [0, 0.1) is 0 Å². The van der Waals surface area contributed by atoms with Crippen molar-refractivity contribution in [3.63, 3.8) is 0 Å². The van der Waals surface area contributed by atoms with Crippen LogP contribution in [0.25, 0.3) is 0 Å². The number of carbonyl (C=O) groups is 1. The van der Waals surface area contributed by atoms with Crippen LogP contribution in [0.2, 0.25) is 0 Å². The van der Waals surface area contributed by atoms with E-state index in [1.165, 1.54) is 0 Å². The number of ketones is 1. The summed E-state index contributed by atoms with van der Waals surface area (Å²) in [6.45, 7) is 0. The van der Waals surface area contributed by atoms with Crippen LogP contribution in [0.15, 0.2) is 60.7 Å². The van der Waals surface area contributed by atoms with E-state index < -0.39 is 0 Å². The summed E-state index contributed by atoms with van der Waals surface area (Å²) in [7, 11) is 0. The SMILES string of the molecule is Br.N.O=C(c1ccccc1)c1ccccc1.[H-].[H-].[Mg+2]. The van der Waals surface area contributed by atoms with Crippen molar-refractivity contribution >= 4 is 45.8 Å². The number of carbonyl (C=O) groups excluding carboxylic acids is 1. The van der Waals surface area contributed by atoms with E-state index in [9.17, 15) is 4.79 Å². The van der Waals surface area contributed by atoms with Gasteiger partial charge in [-0.1, -0.05) is 60.7 Å². The van der Waals surface area contributed by atoms with Crippen LogP contribution in [0.5, 0.6) is 0 Å². The zero-order chi connectivity index (χ0) is 9.80. The molecule has 2 aromatic carbocycles. The fraction of sp³-hybridized carbons (Fsp3) is 0. The standard InChI is InChI=1S/C13H10O.BrH.Mg.H3N.2H/c14-13(11-7-3-1-4-8-11)12-9-5-2-6-10-12;;;;;/h1-10H;1H;;1H3;;/q;;+2;;2*-1. The summed E-state index contributed by atoms with van der Waals surface area (Å²) in [4.78, 5) is 11.8. The summed E-state index contributed by atoms with van der Waals surface area (Å²) < 4.78 is 0. The Balaban J connectivity index is -0.000000225. The molecule has 0 bridgehead atoms. The van der Waals surface area contributed by atoms with E-state index in [0.29, 0.717) is 0 Å². The molecular weight excluding hydrogens is 290 g/mol. The first-order valence-corrected chi connectivity index (χ1v) is 4.53. The Labute approximate surface area is 131 Å². The Morgan fingerprint density at radius 1 is 0.765 bits per heavy atom. The average Bonchev–Trinajstić information content (AvgIpc) is 2.30. The number of hydrogen-bond acceptors (Lipinski definition) is 2. The third kappa shape index (κ3) is 5.00. The Kier molecular flexibility index (Phi) is 10.3. The minimum absolute atomic E-state index is 0. The van der Waals surface area contributed by atoms with Crippen molar-refractivity contribution in [1.82, 2.24) is 6.15 Å². The van der Waals surface area contributed by atoms with Crippen molar-refractivity contribution in [3.8, 4) is 0 Å². The van der Waals surface area contributed by atoms with Crippen molar-refractivity contribution in [2.24, 2.45) is 0 Å². The molecule has 0 aliphatic rings. The molecule has 0 aromatic heterocycles. The van der Waals surface area contributed by atoms with E-state index in [2.05, 4.69) is 0 Å². The fourth-order valence-corrected chi connectivity index (χ4v) is 1.35. The van der Waals surface area contributed by atoms with Gasteiger partial charge in [-0.05, 0) is 0 Å². The quantitative estimate of drug-likeness (QED) is 0.682. The van der Waals surface area contributed by atoms with Crippen LogP contribution in [0.4, 0.5) is 0 Å². The van der Waals surface area contributed by atoms with Gasteiger partial charge in [0.1, 0.15) is 0 Å². The molecule has 0 amide bonds. The molecule has 2 rings (SSSR count). The number of rotatable bonds is 2. The smallest absolute Gasteiger partial charge is 1.00 e. The van der Waals surface area contributed by atoms with E-state index >= 15 is 0 Å². The molecule has 17 heavy (non-hydrogen) atoms. The summed E-state index contributed by atoms with van der Waals surface area (Å²) in [6, 6.07) is 18.6. The van der Waals surface area contributed by atoms with Gasteiger partial charge in [-0.2, -0.15) is 0 Å². The molecule has 2 nitrogen and oxygen atoms in total. The summed E-state index contributed by atoms with van der Waals surface area (Å²) in [6.07, 6.45) is 0. The van der Waals surface area contributed by atoms with Crippen LogP contribution in [0.1, 0.15) is 18.8 Å². The maximum Gasteiger partial charge on any atom is 2.00 e. The molecule has 0 unspecified atom stereocenters. The van der Waals surface area contributed by atoms with Crippen LogP contribution in [0.3, 0.4) is 0 Å². The normalized spacial score (nSPS) is 8.00. The van der Waals surface area contributed by atoms with Crippen molar-refractivity contribution in [1.29, 1.82) is 0 Å². The molecule has 2 aromatic rings. The van der Waals surface area contributed by atoms with Gasteiger partial charge in [0.15, 0.2) is 5.78 Å². The fourth-order valence-electron chi connectivity index (χ4n) is 1.35. The first-order valence-electron chi connectivity index (χ1n) is 4.53. The third-order valence-electron chi connectivity index (χ3n) is 2.07. The Bertz CT molecular complexity index is 401. The maximum absolute atomic E-state index is 11.8. The van der Waals surface area contributed by atoms with Crippen molar-refractivity contribution < 1.29 is 7.65 Å². The van der Waals surface area contributed by atoms with Gasteiger partial charge in [0.25, 0.3) is 0 Å². The minimum atomic E-state index is 0. The molecule has 0 aliphatic carbocycles. The summed E-state index contributed by atoms with van der Waals surface area (Å²) in [5.74, 6) is 0.0752. The number of hydrogen-bond donors (Lipinski definition) is 1. The molecule has 0 radical (unpaired) electrons. The summed E-state index contributed by atoms with van der Waals surface area (Å²) >= 11 is 0. The molecule has 88 valence electrons. The van der Waals surface area contributed by atoms with Crippen molar-refractivity contribution in [2.75, 3.05) is 0 Å². The Morgan fingerprint density at radius 2 is 1.06 bits per heavy atom. The van der Waals surface area contributed by atoms with Gasteiger partial charge in [0.2, 0.25) is 0 Å². The van der Waals surface area contributed by atoms with E-state index in [1.54, 1.807) is 0 Å². The van der Waals surface area contributed by atoms with Crippen LogP contribution in [-0.4, -0.2) is 28.8 Å². The van der Waals surface area contributed by atoms with Gasteiger partial charge in [-0.3, -0.25) is 4.79 Å². The predicted molar refractivity (Wildman–Crippen MR) is 79.6 cm³/mol. The third-order valence-corrected chi connectivity index (χ3v) is 2.07. The van der Waals surface area contributed by atoms with Gasteiger partial charge in [0, 0.05) is 11.1 Å². The average molecular weight is 306 g/mol. The first-order chi connectivity index (χ1) is 6.88. The second kappa shape index (κ2) is 9.36. The van der Waals surface area contributed by atoms with Gasteiger partial charge >= 0.3 is 23.1 Å². The molecule has 3 N–H and O–H groups in total. The largest absolute Gasteiger partial charge is 2.00 e. The molecule has 0 saturated heterocycles. The molecule has 0 aliphatic heterocycles. The summed E-state index contributed by atoms with van der Waals surface area (Å²) in [5, 5.41) is 0. The Morgan fingerprint density at radius 3 is 1.35 bits per heavy atom. The van der Waals surface area contributed by atoms with Crippen LogP contribution in [-0.2, 0) is 0 Å². The molecular formula is C13H16BrMgNO. The Hall–Kier alpha value is -0.684.